The molecule has 0 atom stereocenters. The van der Waals surface area contributed by atoms with Crippen molar-refractivity contribution in [3.8, 4) is 0 Å². The van der Waals surface area contributed by atoms with Gasteiger partial charge in [-0.15, -0.1) is 0 Å². The van der Waals surface area contributed by atoms with Crippen LogP contribution in [0.25, 0.3) is 0 Å². The molecule has 0 amide bonds. The average molecular weight is 300 g/mol. The Bertz CT molecular complexity index is 533. The molecule has 1 aromatic rings. The Morgan fingerprint density at radius 2 is 1.85 bits per heavy atom. The van der Waals surface area contributed by atoms with Crippen molar-refractivity contribution in [2.24, 2.45) is 0 Å². The summed E-state index contributed by atoms with van der Waals surface area (Å²) in [6.07, 6.45) is 0. The van der Waals surface area contributed by atoms with Crippen LogP contribution in [0.4, 0.5) is 5.69 Å². The molecule has 1 rings (SSSR count). The molecule has 8 nitrogen and oxygen atoms in total. The molecule has 0 heterocycles. The third kappa shape index (κ3) is 3.06. The van der Waals surface area contributed by atoms with Crippen molar-refractivity contribution in [1.29, 1.82) is 0 Å². The summed E-state index contributed by atoms with van der Waals surface area (Å²) in [4.78, 5) is 32.4. The largest absolute Gasteiger partial charge is 0.479 e. The van der Waals surface area contributed by atoms with E-state index in [1.807, 2.05) is 0 Å². The summed E-state index contributed by atoms with van der Waals surface area (Å²) in [6, 6.07) is 5.66. The SMILES string of the molecule is O=C(O)C(CS)(NCc1ccccc1[N+](=O)[O-])C(=O)O. The first-order chi connectivity index (χ1) is 9.35. The van der Waals surface area contributed by atoms with Crippen molar-refractivity contribution in [3.63, 3.8) is 0 Å². The summed E-state index contributed by atoms with van der Waals surface area (Å²) in [6.45, 7) is -0.281. The topological polar surface area (TPSA) is 130 Å². The number of thiol groups is 1. The van der Waals surface area contributed by atoms with Gasteiger partial charge in [-0.3, -0.25) is 15.4 Å². The standard InChI is InChI=1S/C11H12N2O6S/c14-9(15)11(6-20,10(16)17)12-5-7-3-1-2-4-8(7)13(18)19/h1-4,12,20H,5-6H2,(H,14,15)(H,16,17). The highest BCUT2D eigenvalue weighted by atomic mass is 32.1. The lowest BCUT2D eigenvalue weighted by atomic mass is 10.0. The van der Waals surface area contributed by atoms with Gasteiger partial charge < -0.3 is 10.2 Å². The fraction of sp³-hybridized carbons (Fsp3) is 0.273. The second-order valence-corrected chi connectivity index (χ2v) is 4.23. The minimum Gasteiger partial charge on any atom is -0.479 e. The third-order valence-electron chi connectivity index (χ3n) is 2.74. The van der Waals surface area contributed by atoms with Crippen molar-refractivity contribution >= 4 is 30.3 Å². The number of carbonyl (C=O) groups is 2. The molecule has 1 aromatic carbocycles. The second-order valence-electron chi connectivity index (χ2n) is 3.91. The van der Waals surface area contributed by atoms with E-state index in [-0.39, 0.29) is 17.8 Å². The number of hydrogen-bond acceptors (Lipinski definition) is 6. The summed E-state index contributed by atoms with van der Waals surface area (Å²) in [5.41, 5.74) is -2.33. The lowest BCUT2D eigenvalue weighted by molar-refractivity contribution is -0.385. The van der Waals surface area contributed by atoms with Gasteiger partial charge in [0.2, 0.25) is 5.54 Å². The minimum absolute atomic E-state index is 0.186. The van der Waals surface area contributed by atoms with Crippen LogP contribution in [0.1, 0.15) is 5.56 Å². The van der Waals surface area contributed by atoms with E-state index in [0.29, 0.717) is 0 Å². The van der Waals surface area contributed by atoms with Crippen LogP contribution in [0.2, 0.25) is 0 Å². The van der Waals surface area contributed by atoms with Gasteiger partial charge in [0, 0.05) is 23.9 Å². The molecule has 0 bridgehead atoms. The van der Waals surface area contributed by atoms with E-state index in [1.165, 1.54) is 24.3 Å². The van der Waals surface area contributed by atoms with Crippen LogP contribution in [0.5, 0.6) is 0 Å². The molecule has 9 heteroatoms. The van der Waals surface area contributed by atoms with Crippen LogP contribution in [0.15, 0.2) is 24.3 Å². The highest BCUT2D eigenvalue weighted by Gasteiger charge is 2.45. The van der Waals surface area contributed by atoms with E-state index < -0.39 is 28.2 Å². The zero-order valence-electron chi connectivity index (χ0n) is 10.1. The van der Waals surface area contributed by atoms with Crippen molar-refractivity contribution < 1.29 is 24.7 Å². The maximum atomic E-state index is 11.1. The first-order valence-corrected chi connectivity index (χ1v) is 6.03. The van der Waals surface area contributed by atoms with E-state index in [1.54, 1.807) is 0 Å². The maximum absolute atomic E-state index is 11.1. The van der Waals surface area contributed by atoms with Gasteiger partial charge in [-0.1, -0.05) is 18.2 Å². The minimum atomic E-state index is -2.30. The maximum Gasteiger partial charge on any atom is 0.336 e. The lowest BCUT2D eigenvalue weighted by Crippen LogP contribution is -2.59. The van der Waals surface area contributed by atoms with E-state index in [4.69, 9.17) is 10.2 Å². The molecule has 0 saturated heterocycles. The molecule has 20 heavy (non-hydrogen) atoms. The summed E-state index contributed by atoms with van der Waals surface area (Å²) in [5, 5.41) is 31.2. The summed E-state index contributed by atoms with van der Waals surface area (Å²) in [5.74, 6) is -3.73. The van der Waals surface area contributed by atoms with Crippen LogP contribution in [0.3, 0.4) is 0 Å². The number of nitro groups is 1. The zero-order chi connectivity index (χ0) is 15.3. The van der Waals surface area contributed by atoms with Crippen molar-refractivity contribution in [2.75, 3.05) is 5.75 Å². The number of rotatable bonds is 7. The Kier molecular flexibility index (Phi) is 5.06. The molecule has 0 spiro atoms. The molecule has 0 aliphatic rings. The summed E-state index contributed by atoms with van der Waals surface area (Å²) < 4.78 is 0. The molecule has 0 aromatic heterocycles. The smallest absolute Gasteiger partial charge is 0.336 e. The normalized spacial score (nSPS) is 11.1. The van der Waals surface area contributed by atoms with E-state index >= 15 is 0 Å². The van der Waals surface area contributed by atoms with Crippen LogP contribution >= 0.6 is 12.6 Å². The quantitative estimate of drug-likeness (QED) is 0.250. The fourth-order valence-electron chi connectivity index (χ4n) is 1.52. The number of nitrogens with one attached hydrogen (secondary N) is 1. The summed E-state index contributed by atoms with van der Waals surface area (Å²) >= 11 is 3.73. The van der Waals surface area contributed by atoms with Gasteiger partial charge in [0.05, 0.1) is 4.92 Å². The second kappa shape index (κ2) is 6.35. The molecule has 0 aliphatic carbocycles. The molecular weight excluding hydrogens is 288 g/mol. The molecule has 0 radical (unpaired) electrons. The van der Waals surface area contributed by atoms with Crippen LogP contribution in [-0.2, 0) is 16.1 Å². The van der Waals surface area contributed by atoms with Gasteiger partial charge in [-0.2, -0.15) is 12.6 Å². The molecule has 0 aliphatic heterocycles. The molecule has 3 N–H and O–H groups in total. The number of nitrogens with zero attached hydrogens (tertiary/aromatic N) is 1. The van der Waals surface area contributed by atoms with Gasteiger partial charge in [0.25, 0.3) is 5.69 Å². The predicted molar refractivity (Wildman–Crippen MR) is 71.8 cm³/mol. The number of aliphatic carboxylic acids is 2. The van der Waals surface area contributed by atoms with Crippen LogP contribution in [-0.4, -0.2) is 38.4 Å². The number of para-hydroxylation sites is 1. The Balaban J connectivity index is 3.03. The molecule has 0 unspecified atom stereocenters. The fourth-order valence-corrected chi connectivity index (χ4v) is 1.90. The Labute approximate surface area is 119 Å². The Morgan fingerprint density at radius 3 is 2.30 bits per heavy atom. The van der Waals surface area contributed by atoms with Gasteiger partial charge in [-0.05, 0) is 0 Å². The van der Waals surface area contributed by atoms with Gasteiger partial charge in [-0.25, -0.2) is 9.59 Å². The average Bonchev–Trinajstić information content (AvgIpc) is 2.39. The number of nitro benzene ring substituents is 1. The highest BCUT2D eigenvalue weighted by molar-refractivity contribution is 7.80. The van der Waals surface area contributed by atoms with Crippen LogP contribution in [0, 0.1) is 10.1 Å². The van der Waals surface area contributed by atoms with E-state index in [2.05, 4.69) is 17.9 Å². The first kappa shape index (κ1) is 15.9. The molecule has 0 fully saturated rings. The van der Waals surface area contributed by atoms with E-state index in [9.17, 15) is 19.7 Å². The van der Waals surface area contributed by atoms with Gasteiger partial charge in [0.15, 0.2) is 0 Å². The summed E-state index contributed by atoms with van der Waals surface area (Å²) in [7, 11) is 0. The predicted octanol–water partition coefficient (Wildman–Crippen LogP) is 0.522. The number of carboxylic acid groups (broad SMARTS) is 2. The van der Waals surface area contributed by atoms with Gasteiger partial charge >= 0.3 is 11.9 Å². The molecular formula is C11H12N2O6S. The number of carboxylic acids is 2. The van der Waals surface area contributed by atoms with Crippen molar-refractivity contribution in [1.82, 2.24) is 5.32 Å². The highest BCUT2D eigenvalue weighted by Crippen LogP contribution is 2.19. The first-order valence-electron chi connectivity index (χ1n) is 5.40. The van der Waals surface area contributed by atoms with Crippen LogP contribution < -0.4 is 5.32 Å². The van der Waals surface area contributed by atoms with E-state index in [0.717, 1.165) is 0 Å². The van der Waals surface area contributed by atoms with Gasteiger partial charge in [0.1, 0.15) is 0 Å². The lowest BCUT2D eigenvalue weighted by Gasteiger charge is -2.24. The number of benzene rings is 1. The van der Waals surface area contributed by atoms with Crippen molar-refractivity contribution in [3.05, 3.63) is 39.9 Å². The third-order valence-corrected chi connectivity index (χ3v) is 3.21. The Morgan fingerprint density at radius 1 is 1.30 bits per heavy atom. The zero-order valence-corrected chi connectivity index (χ0v) is 11.0. The Hall–Kier alpha value is -2.13. The molecule has 108 valence electrons. The number of hydrogen-bond donors (Lipinski definition) is 4. The van der Waals surface area contributed by atoms with Crippen molar-refractivity contribution in [2.45, 2.75) is 12.1 Å². The molecule has 0 saturated carbocycles. The monoisotopic (exact) mass is 300 g/mol.